The molecule has 1 heterocycles. The van der Waals surface area contributed by atoms with Gasteiger partial charge in [-0.2, -0.15) is 12.6 Å². The summed E-state index contributed by atoms with van der Waals surface area (Å²) in [6, 6.07) is 0. The molecule has 0 unspecified atom stereocenters. The highest BCUT2D eigenvalue weighted by molar-refractivity contribution is 7.79. The first-order valence-corrected chi connectivity index (χ1v) is 5.79. The number of nitrogens with zero attached hydrogens (tertiary/aromatic N) is 2. The Labute approximate surface area is 89.4 Å². The number of rotatable bonds is 3. The molecule has 0 aliphatic heterocycles. The fourth-order valence-corrected chi connectivity index (χ4v) is 2.46. The molecule has 0 spiro atoms. The average molecular weight is 216 g/mol. The van der Waals surface area contributed by atoms with E-state index in [0.29, 0.717) is 5.92 Å². The van der Waals surface area contributed by atoms with Crippen LogP contribution in [0.15, 0.2) is 0 Å². The largest absolute Gasteiger partial charge is 0.354 e. The van der Waals surface area contributed by atoms with Gasteiger partial charge in [-0.25, -0.2) is 4.98 Å². The highest BCUT2D eigenvalue weighted by atomic mass is 32.1. The van der Waals surface area contributed by atoms with Crippen LogP contribution in [0.5, 0.6) is 0 Å². The molecule has 0 radical (unpaired) electrons. The molecule has 0 aliphatic rings. The van der Waals surface area contributed by atoms with Crippen LogP contribution in [-0.4, -0.2) is 19.1 Å². The van der Waals surface area contributed by atoms with Gasteiger partial charge in [0.2, 0.25) is 0 Å². The molecular formula is C9H16N2S2. The van der Waals surface area contributed by atoms with Crippen LogP contribution >= 0.6 is 24.0 Å². The first kappa shape index (κ1) is 10.9. The fraction of sp³-hybridized carbons (Fsp3) is 0.667. The van der Waals surface area contributed by atoms with Crippen molar-refractivity contribution in [1.29, 1.82) is 0 Å². The van der Waals surface area contributed by atoms with E-state index in [4.69, 9.17) is 0 Å². The molecule has 1 rings (SSSR count). The van der Waals surface area contributed by atoms with E-state index in [1.165, 1.54) is 10.6 Å². The smallest absolute Gasteiger partial charge is 0.185 e. The van der Waals surface area contributed by atoms with E-state index in [9.17, 15) is 0 Å². The highest BCUT2D eigenvalue weighted by Crippen LogP contribution is 2.30. The van der Waals surface area contributed by atoms with Gasteiger partial charge in [-0.15, -0.1) is 11.3 Å². The van der Waals surface area contributed by atoms with Crippen molar-refractivity contribution in [3.05, 3.63) is 10.6 Å². The normalized spacial score (nSPS) is 10.9. The molecule has 0 fully saturated rings. The van der Waals surface area contributed by atoms with Gasteiger partial charge in [0.05, 0.1) is 5.69 Å². The van der Waals surface area contributed by atoms with E-state index < -0.39 is 0 Å². The summed E-state index contributed by atoms with van der Waals surface area (Å²) in [5.41, 5.74) is 1.20. The lowest BCUT2D eigenvalue weighted by molar-refractivity contribution is 0.821. The standard InChI is InChI=1S/C9H16N2S2/c1-6(2)8-7(5-12)13-9(10-8)11(3)4/h6,12H,5H2,1-4H3. The second-order valence-electron chi connectivity index (χ2n) is 3.51. The minimum absolute atomic E-state index is 0.493. The Morgan fingerprint density at radius 2 is 2.08 bits per heavy atom. The highest BCUT2D eigenvalue weighted by Gasteiger charge is 2.13. The lowest BCUT2D eigenvalue weighted by Gasteiger charge is -2.05. The van der Waals surface area contributed by atoms with Crippen molar-refractivity contribution in [3.8, 4) is 0 Å². The summed E-state index contributed by atoms with van der Waals surface area (Å²) >= 11 is 6.04. The fourth-order valence-electron chi connectivity index (χ4n) is 1.11. The van der Waals surface area contributed by atoms with Crippen LogP contribution in [0.3, 0.4) is 0 Å². The Hall–Kier alpha value is -0.220. The molecular weight excluding hydrogens is 200 g/mol. The van der Waals surface area contributed by atoms with E-state index in [0.717, 1.165) is 10.9 Å². The quantitative estimate of drug-likeness (QED) is 0.782. The molecule has 13 heavy (non-hydrogen) atoms. The SMILES string of the molecule is CC(C)c1nc(N(C)C)sc1CS. The summed E-state index contributed by atoms with van der Waals surface area (Å²) in [7, 11) is 4.04. The number of thiazole rings is 1. The van der Waals surface area contributed by atoms with E-state index in [1.54, 1.807) is 11.3 Å². The minimum Gasteiger partial charge on any atom is -0.354 e. The lowest BCUT2D eigenvalue weighted by atomic mass is 10.1. The van der Waals surface area contributed by atoms with Crippen molar-refractivity contribution in [2.45, 2.75) is 25.5 Å². The molecule has 0 bridgehead atoms. The van der Waals surface area contributed by atoms with Crippen LogP contribution < -0.4 is 4.90 Å². The molecule has 0 N–H and O–H groups in total. The molecule has 0 saturated heterocycles. The molecule has 2 nitrogen and oxygen atoms in total. The van der Waals surface area contributed by atoms with Gasteiger partial charge in [-0.05, 0) is 5.92 Å². The van der Waals surface area contributed by atoms with Gasteiger partial charge >= 0.3 is 0 Å². The summed E-state index contributed by atoms with van der Waals surface area (Å²) in [6.07, 6.45) is 0. The van der Waals surface area contributed by atoms with Crippen LogP contribution in [-0.2, 0) is 5.75 Å². The third kappa shape index (κ3) is 2.38. The Balaban J connectivity index is 3.04. The zero-order chi connectivity index (χ0) is 10.0. The molecule has 0 atom stereocenters. The summed E-state index contributed by atoms with van der Waals surface area (Å²) in [5.74, 6) is 1.28. The predicted octanol–water partition coefficient (Wildman–Crippen LogP) is 2.76. The summed E-state index contributed by atoms with van der Waals surface area (Å²) in [4.78, 5) is 7.91. The van der Waals surface area contributed by atoms with Crippen molar-refractivity contribution >= 4 is 29.1 Å². The van der Waals surface area contributed by atoms with Crippen LogP contribution in [0.2, 0.25) is 0 Å². The molecule has 0 aliphatic carbocycles. The maximum atomic E-state index is 4.58. The van der Waals surface area contributed by atoms with Gasteiger partial charge in [0.15, 0.2) is 5.13 Å². The summed E-state index contributed by atoms with van der Waals surface area (Å²) in [6.45, 7) is 4.34. The van der Waals surface area contributed by atoms with Crippen LogP contribution in [0.1, 0.15) is 30.3 Å². The van der Waals surface area contributed by atoms with Gasteiger partial charge < -0.3 is 4.90 Å². The maximum Gasteiger partial charge on any atom is 0.185 e. The van der Waals surface area contributed by atoms with Crippen molar-refractivity contribution < 1.29 is 0 Å². The molecule has 0 amide bonds. The molecule has 0 saturated carbocycles. The van der Waals surface area contributed by atoms with E-state index in [-0.39, 0.29) is 0 Å². The Bertz CT molecular complexity index is 279. The summed E-state index contributed by atoms with van der Waals surface area (Å²) in [5, 5.41) is 1.08. The second-order valence-corrected chi connectivity index (χ2v) is 4.89. The topological polar surface area (TPSA) is 16.1 Å². The number of thiol groups is 1. The molecule has 1 aromatic rings. The predicted molar refractivity (Wildman–Crippen MR) is 63.2 cm³/mol. The third-order valence-corrected chi connectivity index (χ3v) is 3.56. The zero-order valence-electron chi connectivity index (χ0n) is 8.53. The number of hydrogen-bond donors (Lipinski definition) is 1. The Kier molecular flexibility index (Phi) is 3.62. The number of aromatic nitrogens is 1. The van der Waals surface area contributed by atoms with Crippen LogP contribution in [0.25, 0.3) is 0 Å². The van der Waals surface area contributed by atoms with Gasteiger partial charge in [0.1, 0.15) is 0 Å². The molecule has 1 aromatic heterocycles. The first-order chi connectivity index (χ1) is 6.06. The zero-order valence-corrected chi connectivity index (χ0v) is 10.2. The molecule has 4 heteroatoms. The average Bonchev–Trinajstić information content (AvgIpc) is 2.47. The van der Waals surface area contributed by atoms with Gasteiger partial charge in [0, 0.05) is 24.7 Å². The Morgan fingerprint density at radius 1 is 1.46 bits per heavy atom. The van der Waals surface area contributed by atoms with Crippen molar-refractivity contribution in [3.63, 3.8) is 0 Å². The maximum absolute atomic E-state index is 4.58. The number of anilines is 1. The Morgan fingerprint density at radius 3 is 2.38 bits per heavy atom. The third-order valence-electron chi connectivity index (χ3n) is 1.79. The number of hydrogen-bond acceptors (Lipinski definition) is 4. The van der Waals surface area contributed by atoms with Gasteiger partial charge in [-0.1, -0.05) is 13.8 Å². The van der Waals surface area contributed by atoms with Crippen LogP contribution in [0.4, 0.5) is 5.13 Å². The van der Waals surface area contributed by atoms with E-state index in [1.807, 2.05) is 19.0 Å². The first-order valence-electron chi connectivity index (χ1n) is 4.34. The van der Waals surface area contributed by atoms with Crippen LogP contribution in [0, 0.1) is 0 Å². The lowest BCUT2D eigenvalue weighted by Crippen LogP contribution is -2.08. The van der Waals surface area contributed by atoms with Crippen molar-refractivity contribution in [2.24, 2.45) is 0 Å². The van der Waals surface area contributed by atoms with E-state index in [2.05, 4.69) is 31.5 Å². The van der Waals surface area contributed by atoms with Gasteiger partial charge in [0.25, 0.3) is 0 Å². The van der Waals surface area contributed by atoms with Crippen molar-refractivity contribution in [2.75, 3.05) is 19.0 Å². The molecule has 74 valence electrons. The van der Waals surface area contributed by atoms with Gasteiger partial charge in [-0.3, -0.25) is 0 Å². The molecule has 0 aromatic carbocycles. The van der Waals surface area contributed by atoms with E-state index >= 15 is 0 Å². The monoisotopic (exact) mass is 216 g/mol. The van der Waals surface area contributed by atoms with Crippen molar-refractivity contribution in [1.82, 2.24) is 4.98 Å². The second kappa shape index (κ2) is 4.33. The minimum atomic E-state index is 0.493. The summed E-state index contributed by atoms with van der Waals surface area (Å²) < 4.78 is 0.